The van der Waals surface area contributed by atoms with E-state index in [1.807, 2.05) is 53.4 Å². The number of ether oxygens (including phenoxy) is 1. The lowest BCUT2D eigenvalue weighted by Gasteiger charge is -2.21. The Kier molecular flexibility index (Phi) is 8.98. The Morgan fingerprint density at radius 3 is 2.15 bits per heavy atom. The second-order valence-corrected chi connectivity index (χ2v) is 6.70. The van der Waals surface area contributed by atoms with Crippen molar-refractivity contribution in [3.05, 3.63) is 54.4 Å². The fourth-order valence-electron chi connectivity index (χ4n) is 2.90. The maximum atomic E-state index is 12.1. The molecule has 0 bridgehead atoms. The van der Waals surface area contributed by atoms with Crippen LogP contribution in [0.3, 0.4) is 0 Å². The summed E-state index contributed by atoms with van der Waals surface area (Å²) in [6.45, 7) is 7.91. The lowest BCUT2D eigenvalue weighted by molar-refractivity contribution is -0.143. The van der Waals surface area contributed by atoms with Crippen molar-refractivity contribution < 1.29 is 9.53 Å². The number of carbonyl (C=O) groups excluding carboxylic acids is 1. The molecule has 0 saturated heterocycles. The number of hydrogen-bond acceptors (Lipinski definition) is 3. The van der Waals surface area contributed by atoms with Gasteiger partial charge in [0.05, 0.1) is 6.42 Å². The van der Waals surface area contributed by atoms with Crippen LogP contribution in [-0.4, -0.2) is 41.7 Å². The summed E-state index contributed by atoms with van der Waals surface area (Å²) in [6, 6.07) is 12.0. The third-order valence-electron chi connectivity index (χ3n) is 4.51. The van der Waals surface area contributed by atoms with Crippen LogP contribution in [0.4, 0.5) is 0 Å². The summed E-state index contributed by atoms with van der Waals surface area (Å²) < 4.78 is 7.50. The lowest BCUT2D eigenvalue weighted by atomic mass is 10.1. The van der Waals surface area contributed by atoms with Crippen LogP contribution < -0.4 is 0 Å². The third-order valence-corrected chi connectivity index (χ3v) is 4.51. The summed E-state index contributed by atoms with van der Waals surface area (Å²) in [5.74, 6) is -0.148. The highest BCUT2D eigenvalue weighted by Crippen LogP contribution is 2.11. The number of carbonyl (C=O) groups is 1. The zero-order valence-electron chi connectivity index (χ0n) is 16.2. The van der Waals surface area contributed by atoms with Crippen LogP contribution in [0.5, 0.6) is 0 Å². The largest absolute Gasteiger partial charge is 0.464 e. The van der Waals surface area contributed by atoms with Gasteiger partial charge in [-0.15, -0.1) is 0 Å². The van der Waals surface area contributed by atoms with Crippen molar-refractivity contribution in [1.29, 1.82) is 0 Å². The topological polar surface area (TPSA) is 34.5 Å². The van der Waals surface area contributed by atoms with Gasteiger partial charge in [0.2, 0.25) is 0 Å². The van der Waals surface area contributed by atoms with Crippen LogP contribution in [-0.2, 0) is 16.0 Å². The minimum atomic E-state index is -0.148. The molecular formula is C22H32N2O2. The van der Waals surface area contributed by atoms with E-state index >= 15 is 0 Å². The molecule has 0 radical (unpaired) electrons. The predicted molar refractivity (Wildman–Crippen MR) is 107 cm³/mol. The molecule has 0 N–H and O–H groups in total. The molecule has 0 aliphatic rings. The average Bonchev–Trinajstić information content (AvgIpc) is 3.19. The number of nitrogens with zero attached hydrogens (tertiary/aromatic N) is 2. The monoisotopic (exact) mass is 356 g/mol. The first-order valence-corrected chi connectivity index (χ1v) is 9.83. The Bertz CT molecular complexity index is 612. The number of aromatic nitrogens is 1. The van der Waals surface area contributed by atoms with E-state index in [1.54, 1.807) is 0 Å². The number of benzene rings is 1. The summed E-state index contributed by atoms with van der Waals surface area (Å²) in [5, 5.41) is 0. The molecule has 4 nitrogen and oxygen atoms in total. The zero-order valence-corrected chi connectivity index (χ0v) is 16.2. The normalized spacial score (nSPS) is 11.0. The minimum Gasteiger partial charge on any atom is -0.464 e. The van der Waals surface area contributed by atoms with Gasteiger partial charge in [-0.1, -0.05) is 38.8 Å². The number of esters is 1. The Morgan fingerprint density at radius 1 is 0.962 bits per heavy atom. The first-order valence-electron chi connectivity index (χ1n) is 9.83. The van der Waals surface area contributed by atoms with Gasteiger partial charge in [-0.2, -0.15) is 0 Å². The molecule has 1 aromatic heterocycles. The first-order chi connectivity index (χ1) is 12.7. The van der Waals surface area contributed by atoms with Gasteiger partial charge in [0.1, 0.15) is 6.61 Å². The van der Waals surface area contributed by atoms with Crippen molar-refractivity contribution >= 4 is 5.97 Å². The van der Waals surface area contributed by atoms with Gasteiger partial charge in [-0.3, -0.25) is 9.69 Å². The van der Waals surface area contributed by atoms with E-state index in [4.69, 9.17) is 4.74 Å². The van der Waals surface area contributed by atoms with Crippen molar-refractivity contribution in [1.82, 2.24) is 9.47 Å². The van der Waals surface area contributed by atoms with Crippen molar-refractivity contribution in [3.63, 3.8) is 0 Å². The van der Waals surface area contributed by atoms with Gasteiger partial charge in [0.25, 0.3) is 0 Å². The van der Waals surface area contributed by atoms with Gasteiger partial charge >= 0.3 is 5.97 Å². The van der Waals surface area contributed by atoms with Crippen molar-refractivity contribution in [2.24, 2.45) is 0 Å². The Labute approximate surface area is 157 Å². The van der Waals surface area contributed by atoms with E-state index in [-0.39, 0.29) is 5.97 Å². The molecule has 26 heavy (non-hydrogen) atoms. The van der Waals surface area contributed by atoms with Crippen LogP contribution in [0.2, 0.25) is 0 Å². The standard InChI is InChI=1S/C22H32N2O2/c1-3-5-13-23(14-6-4-2)17-18-26-22(25)19-20-9-11-21(12-10-20)24-15-7-8-16-24/h7-12,15-16H,3-6,13-14,17-19H2,1-2H3. The summed E-state index contributed by atoms with van der Waals surface area (Å²) in [7, 11) is 0. The van der Waals surface area contributed by atoms with Crippen LogP contribution in [0.25, 0.3) is 5.69 Å². The van der Waals surface area contributed by atoms with E-state index in [0.29, 0.717) is 13.0 Å². The van der Waals surface area contributed by atoms with Gasteiger partial charge in [0.15, 0.2) is 0 Å². The van der Waals surface area contributed by atoms with Crippen molar-refractivity contribution in [2.75, 3.05) is 26.2 Å². The zero-order chi connectivity index (χ0) is 18.6. The molecule has 0 aliphatic carbocycles. The molecule has 0 atom stereocenters. The van der Waals surface area contributed by atoms with E-state index in [0.717, 1.165) is 30.9 Å². The van der Waals surface area contributed by atoms with E-state index < -0.39 is 0 Å². The SMILES string of the molecule is CCCCN(CCCC)CCOC(=O)Cc1ccc(-n2cccc2)cc1. The number of hydrogen-bond donors (Lipinski definition) is 0. The molecule has 0 saturated carbocycles. The third kappa shape index (κ3) is 7.04. The molecule has 0 amide bonds. The number of rotatable bonds is 12. The number of unbranched alkanes of at least 4 members (excludes halogenated alkanes) is 2. The van der Waals surface area contributed by atoms with Crippen molar-refractivity contribution in [2.45, 2.75) is 46.0 Å². The molecule has 142 valence electrons. The van der Waals surface area contributed by atoms with Gasteiger partial charge < -0.3 is 9.30 Å². The van der Waals surface area contributed by atoms with Crippen LogP contribution in [0, 0.1) is 0 Å². The van der Waals surface area contributed by atoms with Crippen LogP contribution in [0.1, 0.15) is 45.1 Å². The molecule has 0 spiro atoms. The van der Waals surface area contributed by atoms with Crippen LogP contribution >= 0.6 is 0 Å². The summed E-state index contributed by atoms with van der Waals surface area (Å²) in [6.07, 6.45) is 9.13. The quantitative estimate of drug-likeness (QED) is 0.526. The first kappa shape index (κ1) is 20.2. The molecule has 0 unspecified atom stereocenters. The highest BCUT2D eigenvalue weighted by Gasteiger charge is 2.08. The second kappa shape index (κ2) is 11.5. The predicted octanol–water partition coefficient (Wildman–Crippen LogP) is 4.47. The van der Waals surface area contributed by atoms with Crippen LogP contribution in [0.15, 0.2) is 48.8 Å². The maximum absolute atomic E-state index is 12.1. The molecular weight excluding hydrogens is 324 g/mol. The molecule has 0 fully saturated rings. The molecule has 0 aliphatic heterocycles. The molecule has 4 heteroatoms. The van der Waals surface area contributed by atoms with Crippen molar-refractivity contribution in [3.8, 4) is 5.69 Å². The average molecular weight is 357 g/mol. The van der Waals surface area contributed by atoms with E-state index in [9.17, 15) is 4.79 Å². The summed E-state index contributed by atoms with van der Waals surface area (Å²) in [4.78, 5) is 14.5. The Balaban J connectivity index is 1.73. The molecule has 1 aromatic carbocycles. The summed E-state index contributed by atoms with van der Waals surface area (Å²) >= 11 is 0. The molecule has 2 aromatic rings. The fourth-order valence-corrected chi connectivity index (χ4v) is 2.90. The molecule has 2 rings (SSSR count). The van der Waals surface area contributed by atoms with Gasteiger partial charge in [0, 0.05) is 24.6 Å². The van der Waals surface area contributed by atoms with Gasteiger partial charge in [-0.25, -0.2) is 0 Å². The highest BCUT2D eigenvalue weighted by molar-refractivity contribution is 5.72. The second-order valence-electron chi connectivity index (χ2n) is 6.70. The maximum Gasteiger partial charge on any atom is 0.310 e. The molecule has 1 heterocycles. The fraction of sp³-hybridized carbons (Fsp3) is 0.500. The lowest BCUT2D eigenvalue weighted by Crippen LogP contribution is -2.30. The van der Waals surface area contributed by atoms with E-state index in [2.05, 4.69) is 18.7 Å². The van der Waals surface area contributed by atoms with E-state index in [1.165, 1.54) is 25.7 Å². The minimum absolute atomic E-state index is 0.148. The van der Waals surface area contributed by atoms with Gasteiger partial charge in [-0.05, 0) is 55.8 Å². The highest BCUT2D eigenvalue weighted by atomic mass is 16.5. The summed E-state index contributed by atoms with van der Waals surface area (Å²) in [5.41, 5.74) is 2.08. The Hall–Kier alpha value is -2.07. The Morgan fingerprint density at radius 2 is 1.58 bits per heavy atom. The smallest absolute Gasteiger partial charge is 0.310 e.